The Balaban J connectivity index is 2.34. The minimum Gasteiger partial charge on any atom is -0.494 e. The molecule has 20 heavy (non-hydrogen) atoms. The summed E-state index contributed by atoms with van der Waals surface area (Å²) in [6, 6.07) is 8.27. The van der Waals surface area contributed by atoms with Crippen molar-refractivity contribution in [1.29, 1.82) is 0 Å². The minimum atomic E-state index is -4.23. The SMILES string of the molecule is Cc1cc(O)n(Cc2ccc(S(=O)(=O)O)cc2)c(=O)c1. The first-order valence-corrected chi connectivity index (χ1v) is 7.18. The van der Waals surface area contributed by atoms with Crippen molar-refractivity contribution in [3.63, 3.8) is 0 Å². The molecule has 0 spiro atoms. The Bertz CT molecular complexity index is 791. The molecule has 0 aliphatic heterocycles. The molecule has 0 unspecified atom stereocenters. The van der Waals surface area contributed by atoms with E-state index in [1.165, 1.54) is 36.4 Å². The quantitative estimate of drug-likeness (QED) is 0.828. The summed E-state index contributed by atoms with van der Waals surface area (Å²) in [7, 11) is -4.23. The minimum absolute atomic E-state index is 0.108. The van der Waals surface area contributed by atoms with Gasteiger partial charge in [-0.2, -0.15) is 8.42 Å². The zero-order valence-electron chi connectivity index (χ0n) is 10.6. The Hall–Kier alpha value is -2.12. The second-order valence-corrected chi connectivity index (χ2v) is 5.86. The van der Waals surface area contributed by atoms with Gasteiger partial charge in [-0.1, -0.05) is 12.1 Å². The highest BCUT2D eigenvalue weighted by Crippen LogP contribution is 2.14. The molecule has 1 heterocycles. The average molecular weight is 295 g/mol. The van der Waals surface area contributed by atoms with Crippen LogP contribution in [0.25, 0.3) is 0 Å². The number of hydrogen-bond acceptors (Lipinski definition) is 4. The summed E-state index contributed by atoms with van der Waals surface area (Å²) in [6.07, 6.45) is 0. The summed E-state index contributed by atoms with van der Waals surface area (Å²) in [5, 5.41) is 9.74. The number of aromatic nitrogens is 1. The van der Waals surface area contributed by atoms with Gasteiger partial charge in [-0.25, -0.2) is 0 Å². The second-order valence-electron chi connectivity index (χ2n) is 4.43. The van der Waals surface area contributed by atoms with E-state index in [4.69, 9.17) is 4.55 Å². The number of aryl methyl sites for hydroxylation is 1. The number of rotatable bonds is 3. The maximum absolute atomic E-state index is 11.8. The number of nitrogens with zero attached hydrogens (tertiary/aromatic N) is 1. The van der Waals surface area contributed by atoms with Gasteiger partial charge >= 0.3 is 0 Å². The summed E-state index contributed by atoms with van der Waals surface area (Å²) >= 11 is 0. The van der Waals surface area contributed by atoms with Crippen LogP contribution in [-0.2, 0) is 16.7 Å². The first-order chi connectivity index (χ1) is 9.27. The Morgan fingerprint density at radius 3 is 2.25 bits per heavy atom. The molecule has 106 valence electrons. The lowest BCUT2D eigenvalue weighted by Crippen LogP contribution is -2.20. The van der Waals surface area contributed by atoms with Gasteiger partial charge in [-0.3, -0.25) is 13.9 Å². The molecule has 0 amide bonds. The lowest BCUT2D eigenvalue weighted by molar-refractivity contribution is 0.414. The zero-order chi connectivity index (χ0) is 14.9. The van der Waals surface area contributed by atoms with Gasteiger partial charge in [0, 0.05) is 12.1 Å². The molecule has 2 aromatic rings. The van der Waals surface area contributed by atoms with E-state index in [0.29, 0.717) is 11.1 Å². The molecular formula is C13H13NO5S. The van der Waals surface area contributed by atoms with Gasteiger partial charge in [0.25, 0.3) is 15.7 Å². The van der Waals surface area contributed by atoms with E-state index in [1.54, 1.807) is 6.92 Å². The fourth-order valence-electron chi connectivity index (χ4n) is 1.82. The molecule has 6 nitrogen and oxygen atoms in total. The zero-order valence-corrected chi connectivity index (χ0v) is 11.5. The van der Waals surface area contributed by atoms with Crippen molar-refractivity contribution < 1.29 is 18.1 Å². The van der Waals surface area contributed by atoms with Crippen LogP contribution >= 0.6 is 0 Å². The highest BCUT2D eigenvalue weighted by molar-refractivity contribution is 7.85. The van der Waals surface area contributed by atoms with E-state index in [-0.39, 0.29) is 22.9 Å². The lowest BCUT2D eigenvalue weighted by Gasteiger charge is -2.09. The number of benzene rings is 1. The molecule has 0 radical (unpaired) electrons. The van der Waals surface area contributed by atoms with Crippen LogP contribution in [0.2, 0.25) is 0 Å². The van der Waals surface area contributed by atoms with Crippen molar-refractivity contribution in [3.05, 3.63) is 57.9 Å². The van der Waals surface area contributed by atoms with Crippen LogP contribution in [0.4, 0.5) is 0 Å². The standard InChI is InChI=1S/C13H13NO5S/c1-9-6-12(15)14(13(16)7-9)8-10-2-4-11(5-3-10)20(17,18)19/h2-7,15H,8H2,1H3,(H,17,18,19). The summed E-state index contributed by atoms with van der Waals surface area (Å²) in [5.74, 6) is -0.158. The number of pyridine rings is 1. The number of hydrogen-bond donors (Lipinski definition) is 2. The van der Waals surface area contributed by atoms with Gasteiger partial charge in [0.1, 0.15) is 0 Å². The molecule has 2 N–H and O–H groups in total. The van der Waals surface area contributed by atoms with Crippen LogP contribution in [0.3, 0.4) is 0 Å². The monoisotopic (exact) mass is 295 g/mol. The largest absolute Gasteiger partial charge is 0.494 e. The van der Waals surface area contributed by atoms with Gasteiger partial charge in [0.05, 0.1) is 11.4 Å². The third kappa shape index (κ3) is 3.06. The average Bonchev–Trinajstić information content (AvgIpc) is 2.33. The fourth-order valence-corrected chi connectivity index (χ4v) is 2.30. The fraction of sp³-hybridized carbons (Fsp3) is 0.154. The Morgan fingerprint density at radius 2 is 1.75 bits per heavy atom. The molecule has 0 saturated carbocycles. The van der Waals surface area contributed by atoms with Crippen molar-refractivity contribution in [2.75, 3.05) is 0 Å². The van der Waals surface area contributed by atoms with Gasteiger partial charge in [0.15, 0.2) is 5.88 Å². The molecular weight excluding hydrogens is 282 g/mol. The van der Waals surface area contributed by atoms with Crippen LogP contribution in [0.1, 0.15) is 11.1 Å². The maximum atomic E-state index is 11.8. The van der Waals surface area contributed by atoms with E-state index in [9.17, 15) is 18.3 Å². The third-order valence-electron chi connectivity index (χ3n) is 2.81. The summed E-state index contributed by atoms with van der Waals surface area (Å²) in [4.78, 5) is 11.5. The smallest absolute Gasteiger partial charge is 0.294 e. The van der Waals surface area contributed by atoms with Crippen LogP contribution < -0.4 is 5.56 Å². The molecule has 1 aromatic heterocycles. The van der Waals surface area contributed by atoms with Crippen LogP contribution in [0, 0.1) is 6.92 Å². The summed E-state index contributed by atoms with van der Waals surface area (Å²) in [5.41, 5.74) is 0.936. The van der Waals surface area contributed by atoms with Crippen LogP contribution in [-0.4, -0.2) is 22.6 Å². The lowest BCUT2D eigenvalue weighted by atomic mass is 10.2. The number of aromatic hydroxyl groups is 1. The van der Waals surface area contributed by atoms with Crippen molar-refractivity contribution >= 4 is 10.1 Å². The first-order valence-electron chi connectivity index (χ1n) is 5.74. The van der Waals surface area contributed by atoms with Crippen molar-refractivity contribution in [1.82, 2.24) is 4.57 Å². The molecule has 2 rings (SSSR count). The molecule has 0 aliphatic carbocycles. The maximum Gasteiger partial charge on any atom is 0.294 e. The van der Waals surface area contributed by atoms with E-state index < -0.39 is 10.1 Å². The summed E-state index contributed by atoms with van der Waals surface area (Å²) < 4.78 is 31.8. The molecule has 0 fully saturated rings. The van der Waals surface area contributed by atoms with Gasteiger partial charge in [-0.15, -0.1) is 0 Å². The molecule has 0 aliphatic rings. The Kier molecular flexibility index (Phi) is 3.65. The highest BCUT2D eigenvalue weighted by Gasteiger charge is 2.09. The first kappa shape index (κ1) is 14.3. The van der Waals surface area contributed by atoms with Crippen molar-refractivity contribution in [3.8, 4) is 5.88 Å². The van der Waals surface area contributed by atoms with E-state index >= 15 is 0 Å². The van der Waals surface area contributed by atoms with Gasteiger partial charge < -0.3 is 5.11 Å². The molecule has 0 atom stereocenters. The predicted octanol–water partition coefficient (Wildman–Crippen LogP) is 1.16. The molecule has 0 bridgehead atoms. The Morgan fingerprint density at radius 1 is 1.15 bits per heavy atom. The molecule has 7 heteroatoms. The summed E-state index contributed by atoms with van der Waals surface area (Å²) in [6.45, 7) is 1.81. The topological polar surface area (TPSA) is 96.6 Å². The highest BCUT2D eigenvalue weighted by atomic mass is 32.2. The van der Waals surface area contributed by atoms with E-state index in [0.717, 1.165) is 4.57 Å². The van der Waals surface area contributed by atoms with Crippen molar-refractivity contribution in [2.24, 2.45) is 0 Å². The van der Waals surface area contributed by atoms with Crippen molar-refractivity contribution in [2.45, 2.75) is 18.4 Å². The Labute approximate surface area is 115 Å². The predicted molar refractivity (Wildman–Crippen MR) is 72.5 cm³/mol. The van der Waals surface area contributed by atoms with E-state index in [2.05, 4.69) is 0 Å². The van der Waals surface area contributed by atoms with Gasteiger partial charge in [-0.05, 0) is 30.2 Å². The third-order valence-corrected chi connectivity index (χ3v) is 3.68. The normalized spacial score (nSPS) is 11.5. The van der Waals surface area contributed by atoms with E-state index in [1.807, 2.05) is 0 Å². The van der Waals surface area contributed by atoms with Gasteiger partial charge in [0.2, 0.25) is 0 Å². The second kappa shape index (κ2) is 5.10. The molecule has 1 aromatic carbocycles. The van der Waals surface area contributed by atoms with Crippen LogP contribution in [0.15, 0.2) is 46.1 Å². The molecule has 0 saturated heterocycles. The van der Waals surface area contributed by atoms with Crippen LogP contribution in [0.5, 0.6) is 5.88 Å².